The molecule has 29 heavy (non-hydrogen) atoms. The van der Waals surface area contributed by atoms with Crippen molar-refractivity contribution in [1.82, 2.24) is 30.4 Å². The molecule has 0 atom stereocenters. The lowest BCUT2D eigenvalue weighted by Crippen LogP contribution is -2.24. The van der Waals surface area contributed by atoms with E-state index in [1.165, 1.54) is 31.2 Å². The summed E-state index contributed by atoms with van der Waals surface area (Å²) >= 11 is 0. The lowest BCUT2D eigenvalue weighted by molar-refractivity contribution is -0.137. The number of halogens is 3. The summed E-state index contributed by atoms with van der Waals surface area (Å²) in [4.78, 5) is 26.6. The van der Waals surface area contributed by atoms with Crippen LogP contribution in [-0.4, -0.2) is 37.1 Å². The Morgan fingerprint density at radius 3 is 2.66 bits per heavy atom. The van der Waals surface area contributed by atoms with Crippen molar-refractivity contribution in [3.63, 3.8) is 0 Å². The van der Waals surface area contributed by atoms with E-state index in [2.05, 4.69) is 30.8 Å². The maximum Gasteiger partial charge on any atom is 0.417 e. The SMILES string of the molecule is Cc1cc(C(=O)N/N=C\c2ccccc2C(F)(F)F)n(-c2nnc(C)c(=O)[nH]2)n1. The third kappa shape index (κ3) is 4.36. The van der Waals surface area contributed by atoms with Crippen molar-refractivity contribution in [2.45, 2.75) is 20.0 Å². The van der Waals surface area contributed by atoms with Gasteiger partial charge < -0.3 is 0 Å². The van der Waals surface area contributed by atoms with E-state index in [0.717, 1.165) is 17.0 Å². The van der Waals surface area contributed by atoms with Gasteiger partial charge in [0.2, 0.25) is 0 Å². The molecule has 0 fully saturated rings. The van der Waals surface area contributed by atoms with E-state index in [1.807, 2.05) is 0 Å². The molecule has 0 radical (unpaired) electrons. The van der Waals surface area contributed by atoms with Gasteiger partial charge in [-0.1, -0.05) is 18.2 Å². The molecular formula is C17H14F3N7O2. The minimum absolute atomic E-state index is 0.0439. The fourth-order valence-electron chi connectivity index (χ4n) is 2.39. The Balaban J connectivity index is 1.85. The maximum absolute atomic E-state index is 13.0. The highest BCUT2D eigenvalue weighted by Crippen LogP contribution is 2.31. The molecule has 0 spiro atoms. The van der Waals surface area contributed by atoms with Gasteiger partial charge in [0, 0.05) is 5.56 Å². The Morgan fingerprint density at radius 1 is 1.24 bits per heavy atom. The number of hydrogen-bond acceptors (Lipinski definition) is 6. The number of nitrogens with zero attached hydrogens (tertiary/aromatic N) is 5. The molecule has 3 aromatic rings. The highest BCUT2D eigenvalue weighted by Gasteiger charge is 2.32. The van der Waals surface area contributed by atoms with Gasteiger partial charge >= 0.3 is 6.18 Å². The molecule has 0 unspecified atom stereocenters. The summed E-state index contributed by atoms with van der Waals surface area (Å²) in [6, 6.07) is 6.20. The molecule has 2 aromatic heterocycles. The van der Waals surface area contributed by atoms with E-state index in [-0.39, 0.29) is 22.9 Å². The molecule has 150 valence electrons. The van der Waals surface area contributed by atoms with Crippen LogP contribution >= 0.6 is 0 Å². The van der Waals surface area contributed by atoms with Crippen molar-refractivity contribution in [3.05, 3.63) is 68.9 Å². The average Bonchev–Trinajstić information content (AvgIpc) is 3.05. The van der Waals surface area contributed by atoms with Gasteiger partial charge in [-0.2, -0.15) is 28.1 Å². The number of aryl methyl sites for hydroxylation is 2. The van der Waals surface area contributed by atoms with Crippen molar-refractivity contribution in [1.29, 1.82) is 0 Å². The van der Waals surface area contributed by atoms with Gasteiger partial charge in [0.1, 0.15) is 11.4 Å². The number of alkyl halides is 3. The molecule has 12 heteroatoms. The Kier molecular flexibility index (Phi) is 5.26. The zero-order valence-corrected chi connectivity index (χ0v) is 15.2. The van der Waals surface area contributed by atoms with Crippen molar-refractivity contribution in [2.24, 2.45) is 5.10 Å². The number of benzene rings is 1. The molecular weight excluding hydrogens is 391 g/mol. The molecule has 2 heterocycles. The fourth-order valence-corrected chi connectivity index (χ4v) is 2.39. The highest BCUT2D eigenvalue weighted by atomic mass is 19.4. The molecule has 9 nitrogen and oxygen atoms in total. The van der Waals surface area contributed by atoms with Gasteiger partial charge in [-0.3, -0.25) is 14.6 Å². The van der Waals surface area contributed by atoms with E-state index in [4.69, 9.17) is 0 Å². The van der Waals surface area contributed by atoms with E-state index in [9.17, 15) is 22.8 Å². The summed E-state index contributed by atoms with van der Waals surface area (Å²) in [6.07, 6.45) is -3.67. The number of amides is 1. The van der Waals surface area contributed by atoms with Crippen molar-refractivity contribution >= 4 is 12.1 Å². The first-order valence-corrected chi connectivity index (χ1v) is 8.17. The second-order valence-electron chi connectivity index (χ2n) is 5.93. The van der Waals surface area contributed by atoms with Crippen LogP contribution in [-0.2, 0) is 6.18 Å². The van der Waals surface area contributed by atoms with Gasteiger partial charge in [-0.05, 0) is 26.0 Å². The molecule has 1 aromatic carbocycles. The van der Waals surface area contributed by atoms with Crippen LogP contribution < -0.4 is 11.0 Å². The summed E-state index contributed by atoms with van der Waals surface area (Å²) in [5.74, 6) is -0.861. The molecule has 0 saturated heterocycles. The van der Waals surface area contributed by atoms with Crippen molar-refractivity contribution in [3.8, 4) is 5.95 Å². The average molecular weight is 405 g/mol. The van der Waals surface area contributed by atoms with Gasteiger partial charge in [-0.15, -0.1) is 10.2 Å². The number of aromatic nitrogens is 5. The normalized spacial score (nSPS) is 11.8. The lowest BCUT2D eigenvalue weighted by atomic mass is 10.1. The predicted molar refractivity (Wildman–Crippen MR) is 95.8 cm³/mol. The molecule has 0 aliphatic heterocycles. The van der Waals surface area contributed by atoms with Crippen LogP contribution in [0.1, 0.15) is 33.0 Å². The van der Waals surface area contributed by atoms with E-state index in [1.54, 1.807) is 6.92 Å². The predicted octanol–water partition coefficient (Wildman–Crippen LogP) is 1.75. The van der Waals surface area contributed by atoms with Crippen molar-refractivity contribution in [2.75, 3.05) is 0 Å². The number of aromatic amines is 1. The summed E-state index contributed by atoms with van der Waals surface area (Å²) in [6.45, 7) is 3.07. The first-order chi connectivity index (χ1) is 13.7. The fraction of sp³-hybridized carbons (Fsp3) is 0.176. The molecule has 3 rings (SSSR count). The number of rotatable bonds is 4. The number of H-pyrrole nitrogens is 1. The Morgan fingerprint density at radius 2 is 1.97 bits per heavy atom. The first kappa shape index (κ1) is 19.9. The highest BCUT2D eigenvalue weighted by molar-refractivity contribution is 5.94. The zero-order valence-electron chi connectivity index (χ0n) is 15.2. The van der Waals surface area contributed by atoms with Gasteiger partial charge in [0.15, 0.2) is 0 Å². The second-order valence-corrected chi connectivity index (χ2v) is 5.93. The Labute approximate surface area is 161 Å². The van der Waals surface area contributed by atoms with Crippen LogP contribution in [0.5, 0.6) is 0 Å². The van der Waals surface area contributed by atoms with Crippen molar-refractivity contribution < 1.29 is 18.0 Å². The Hall–Kier alpha value is -3.83. The third-order valence-electron chi connectivity index (χ3n) is 3.75. The maximum atomic E-state index is 13.0. The van der Waals surface area contributed by atoms with Gasteiger partial charge in [0.25, 0.3) is 17.4 Å². The van der Waals surface area contributed by atoms with E-state index < -0.39 is 23.2 Å². The van der Waals surface area contributed by atoms with Crippen LogP contribution in [0.25, 0.3) is 5.95 Å². The smallest absolute Gasteiger partial charge is 0.288 e. The number of nitrogens with one attached hydrogen (secondary N) is 2. The molecule has 1 amide bonds. The number of carbonyl (C=O) groups is 1. The van der Waals surface area contributed by atoms with Crippen LogP contribution in [0.2, 0.25) is 0 Å². The number of hydrazone groups is 1. The number of hydrogen-bond donors (Lipinski definition) is 2. The molecule has 0 bridgehead atoms. The summed E-state index contributed by atoms with van der Waals surface area (Å²) < 4.78 is 40.1. The van der Waals surface area contributed by atoms with Crippen LogP contribution in [0.4, 0.5) is 13.2 Å². The molecule has 0 aliphatic carbocycles. The second kappa shape index (κ2) is 7.66. The van der Waals surface area contributed by atoms with E-state index in [0.29, 0.717) is 5.69 Å². The lowest BCUT2D eigenvalue weighted by Gasteiger charge is -2.09. The van der Waals surface area contributed by atoms with Gasteiger partial charge in [-0.25, -0.2) is 5.43 Å². The molecule has 0 saturated carbocycles. The van der Waals surface area contributed by atoms with Gasteiger partial charge in [0.05, 0.1) is 17.5 Å². The minimum atomic E-state index is -4.56. The Bertz CT molecular complexity index is 1150. The molecule has 2 N–H and O–H groups in total. The number of carbonyl (C=O) groups excluding carboxylic acids is 1. The van der Waals surface area contributed by atoms with E-state index >= 15 is 0 Å². The molecule has 0 aliphatic rings. The summed E-state index contributed by atoms with van der Waals surface area (Å²) in [5, 5.41) is 15.1. The first-order valence-electron chi connectivity index (χ1n) is 8.17. The standard InChI is InChI=1S/C17H14F3N7O2/c1-9-7-13(27(26-9)16-22-14(28)10(2)23-25-16)15(29)24-21-8-11-5-3-4-6-12(11)17(18,19)20/h3-8H,1-2H3,(H,24,29)(H,22,25,28)/b21-8-. The monoisotopic (exact) mass is 405 g/mol. The summed E-state index contributed by atoms with van der Waals surface area (Å²) in [7, 11) is 0. The largest absolute Gasteiger partial charge is 0.417 e. The minimum Gasteiger partial charge on any atom is -0.288 e. The van der Waals surface area contributed by atoms with Crippen LogP contribution in [0.15, 0.2) is 40.2 Å². The third-order valence-corrected chi connectivity index (χ3v) is 3.75. The quantitative estimate of drug-likeness (QED) is 0.507. The topological polar surface area (TPSA) is 118 Å². The van der Waals surface area contributed by atoms with Crippen LogP contribution in [0.3, 0.4) is 0 Å². The summed E-state index contributed by atoms with van der Waals surface area (Å²) in [5.41, 5.74) is 1.07. The van der Waals surface area contributed by atoms with Crippen LogP contribution in [0, 0.1) is 13.8 Å². The zero-order chi connectivity index (χ0) is 21.2.